The van der Waals surface area contributed by atoms with Crippen LogP contribution >= 0.6 is 0 Å². The van der Waals surface area contributed by atoms with Gasteiger partial charge in [-0.1, -0.05) is 0 Å². The fourth-order valence-electron chi connectivity index (χ4n) is 1.56. The predicted octanol–water partition coefficient (Wildman–Crippen LogP) is 1.55. The highest BCUT2D eigenvalue weighted by atomic mass is 16.3. The quantitative estimate of drug-likeness (QED) is 0.797. The maximum absolute atomic E-state index is 11.7. The number of nitrogens with one attached hydrogen (secondary N) is 1. The summed E-state index contributed by atoms with van der Waals surface area (Å²) in [7, 11) is 0. The largest absolute Gasteiger partial charge is 0.468 e. The molecule has 16 heavy (non-hydrogen) atoms. The van der Waals surface area contributed by atoms with E-state index in [1.807, 2.05) is 31.7 Å². The molecule has 0 radical (unpaired) electrons. The summed E-state index contributed by atoms with van der Waals surface area (Å²) in [6.07, 6.45) is 1.67. The number of nitrogens with zero attached hydrogens (tertiary/aromatic N) is 1. The third kappa shape index (κ3) is 3.38. The minimum absolute atomic E-state index is 0.134. The molecule has 1 N–H and O–H groups in total. The summed E-state index contributed by atoms with van der Waals surface area (Å²) < 4.78 is 5.27. The molecule has 0 spiro atoms. The molecule has 90 valence electrons. The van der Waals surface area contributed by atoms with Crippen LogP contribution in [0.15, 0.2) is 16.7 Å². The Morgan fingerprint density at radius 3 is 2.62 bits per heavy atom. The number of carbonyl (C=O) groups is 1. The van der Waals surface area contributed by atoms with Crippen molar-refractivity contribution < 1.29 is 9.21 Å². The normalized spacial score (nSPS) is 10.4. The Balaban J connectivity index is 2.30. The smallest absolute Gasteiger partial charge is 0.236 e. The van der Waals surface area contributed by atoms with Gasteiger partial charge >= 0.3 is 0 Å². The van der Waals surface area contributed by atoms with E-state index < -0.39 is 0 Å². The van der Waals surface area contributed by atoms with Crippen LogP contribution < -0.4 is 5.32 Å². The number of carbonyl (C=O) groups excluding carboxylic acids is 1. The minimum atomic E-state index is 0.134. The third-order valence-electron chi connectivity index (χ3n) is 2.65. The molecule has 4 nitrogen and oxygen atoms in total. The summed E-state index contributed by atoms with van der Waals surface area (Å²) >= 11 is 0. The Morgan fingerprint density at radius 2 is 2.12 bits per heavy atom. The fourth-order valence-corrected chi connectivity index (χ4v) is 1.56. The van der Waals surface area contributed by atoms with E-state index in [1.54, 1.807) is 6.26 Å². The molecule has 0 saturated carbocycles. The zero-order valence-electron chi connectivity index (χ0n) is 10.2. The summed E-state index contributed by atoms with van der Waals surface area (Å²) in [5, 5.41) is 3.09. The SMILES string of the molecule is CCN(CC)C(=O)CNCc1occc1C. The molecule has 0 atom stereocenters. The van der Waals surface area contributed by atoms with Crippen molar-refractivity contribution >= 4 is 5.91 Å². The summed E-state index contributed by atoms with van der Waals surface area (Å²) in [5.41, 5.74) is 1.11. The molecule has 1 aromatic heterocycles. The van der Waals surface area contributed by atoms with E-state index in [0.717, 1.165) is 24.4 Å². The Bertz CT molecular complexity index is 330. The van der Waals surface area contributed by atoms with Crippen LogP contribution in [0.25, 0.3) is 0 Å². The van der Waals surface area contributed by atoms with Gasteiger partial charge in [-0.3, -0.25) is 4.79 Å². The van der Waals surface area contributed by atoms with Crippen LogP contribution in [-0.4, -0.2) is 30.4 Å². The maximum atomic E-state index is 11.7. The number of likely N-dealkylation sites (N-methyl/N-ethyl adjacent to an activating group) is 1. The first kappa shape index (κ1) is 12.8. The van der Waals surface area contributed by atoms with Gasteiger partial charge < -0.3 is 14.6 Å². The highest BCUT2D eigenvalue weighted by molar-refractivity contribution is 5.78. The van der Waals surface area contributed by atoms with Crippen molar-refractivity contribution in [1.82, 2.24) is 10.2 Å². The van der Waals surface area contributed by atoms with Crippen molar-refractivity contribution in [2.75, 3.05) is 19.6 Å². The van der Waals surface area contributed by atoms with Crippen molar-refractivity contribution in [2.24, 2.45) is 0 Å². The molecule has 0 saturated heterocycles. The van der Waals surface area contributed by atoms with Gasteiger partial charge in [0.05, 0.1) is 19.4 Å². The van der Waals surface area contributed by atoms with Gasteiger partial charge in [-0.2, -0.15) is 0 Å². The molecule has 0 fully saturated rings. The highest BCUT2D eigenvalue weighted by Gasteiger charge is 2.09. The fraction of sp³-hybridized carbons (Fsp3) is 0.583. The summed E-state index contributed by atoms with van der Waals surface area (Å²) in [4.78, 5) is 13.5. The van der Waals surface area contributed by atoms with E-state index in [9.17, 15) is 4.79 Å². The third-order valence-corrected chi connectivity index (χ3v) is 2.65. The lowest BCUT2D eigenvalue weighted by Gasteiger charge is -2.18. The first-order valence-corrected chi connectivity index (χ1v) is 5.70. The Labute approximate surface area is 96.6 Å². The van der Waals surface area contributed by atoms with E-state index in [-0.39, 0.29) is 5.91 Å². The van der Waals surface area contributed by atoms with Crippen molar-refractivity contribution in [2.45, 2.75) is 27.3 Å². The van der Waals surface area contributed by atoms with E-state index in [0.29, 0.717) is 13.1 Å². The number of hydrogen-bond donors (Lipinski definition) is 1. The van der Waals surface area contributed by atoms with Gasteiger partial charge in [0, 0.05) is 13.1 Å². The Kier molecular flexibility index (Phi) is 5.05. The first-order valence-electron chi connectivity index (χ1n) is 5.70. The standard InChI is InChI=1S/C12H20N2O2/c1-4-14(5-2)12(15)9-13-8-11-10(3)6-7-16-11/h6-7,13H,4-5,8-9H2,1-3H3. The zero-order valence-corrected chi connectivity index (χ0v) is 10.2. The molecule has 1 amide bonds. The molecule has 0 unspecified atom stereocenters. The molecule has 1 aromatic rings. The second kappa shape index (κ2) is 6.33. The van der Waals surface area contributed by atoms with Crippen LogP contribution in [0.3, 0.4) is 0 Å². The maximum Gasteiger partial charge on any atom is 0.236 e. The zero-order chi connectivity index (χ0) is 12.0. The highest BCUT2D eigenvalue weighted by Crippen LogP contribution is 2.07. The second-order valence-corrected chi connectivity index (χ2v) is 3.70. The molecule has 1 heterocycles. The number of aryl methyl sites for hydroxylation is 1. The van der Waals surface area contributed by atoms with Crippen molar-refractivity contribution in [3.63, 3.8) is 0 Å². The monoisotopic (exact) mass is 224 g/mol. The Hall–Kier alpha value is -1.29. The molecule has 4 heteroatoms. The summed E-state index contributed by atoms with van der Waals surface area (Å²) in [6, 6.07) is 1.92. The van der Waals surface area contributed by atoms with E-state index >= 15 is 0 Å². The van der Waals surface area contributed by atoms with Gasteiger partial charge in [0.1, 0.15) is 5.76 Å². The lowest BCUT2D eigenvalue weighted by Crippen LogP contribution is -2.37. The van der Waals surface area contributed by atoms with Crippen LogP contribution in [0.2, 0.25) is 0 Å². The van der Waals surface area contributed by atoms with Crippen LogP contribution in [0.1, 0.15) is 25.2 Å². The predicted molar refractivity (Wildman–Crippen MR) is 63.1 cm³/mol. The van der Waals surface area contributed by atoms with Crippen LogP contribution in [0.4, 0.5) is 0 Å². The number of furan rings is 1. The molecule has 0 aliphatic rings. The molecular formula is C12H20N2O2. The molecule has 0 aromatic carbocycles. The summed E-state index contributed by atoms with van der Waals surface area (Å²) in [5.74, 6) is 1.03. The van der Waals surface area contributed by atoms with Crippen molar-refractivity contribution in [1.29, 1.82) is 0 Å². The van der Waals surface area contributed by atoms with Gasteiger partial charge in [0.2, 0.25) is 5.91 Å². The molecule has 1 rings (SSSR count). The van der Waals surface area contributed by atoms with Gasteiger partial charge in [0.15, 0.2) is 0 Å². The lowest BCUT2D eigenvalue weighted by molar-refractivity contribution is -0.129. The van der Waals surface area contributed by atoms with Gasteiger partial charge in [-0.25, -0.2) is 0 Å². The number of hydrogen-bond acceptors (Lipinski definition) is 3. The average molecular weight is 224 g/mol. The van der Waals surface area contributed by atoms with Crippen LogP contribution in [0.5, 0.6) is 0 Å². The summed E-state index contributed by atoms with van der Waals surface area (Å²) in [6.45, 7) is 8.45. The molecule has 0 aliphatic heterocycles. The number of rotatable bonds is 6. The lowest BCUT2D eigenvalue weighted by atomic mass is 10.3. The van der Waals surface area contributed by atoms with Gasteiger partial charge in [-0.15, -0.1) is 0 Å². The molecule has 0 aliphatic carbocycles. The molecule has 0 bridgehead atoms. The second-order valence-electron chi connectivity index (χ2n) is 3.70. The minimum Gasteiger partial charge on any atom is -0.468 e. The van der Waals surface area contributed by atoms with Gasteiger partial charge in [0.25, 0.3) is 0 Å². The first-order chi connectivity index (χ1) is 7.69. The van der Waals surface area contributed by atoms with Crippen molar-refractivity contribution in [3.8, 4) is 0 Å². The average Bonchev–Trinajstić information content (AvgIpc) is 2.66. The van der Waals surface area contributed by atoms with E-state index in [2.05, 4.69) is 5.32 Å². The van der Waals surface area contributed by atoms with E-state index in [1.165, 1.54) is 0 Å². The topological polar surface area (TPSA) is 45.5 Å². The molecular weight excluding hydrogens is 204 g/mol. The Morgan fingerprint density at radius 1 is 1.44 bits per heavy atom. The van der Waals surface area contributed by atoms with Crippen LogP contribution in [-0.2, 0) is 11.3 Å². The van der Waals surface area contributed by atoms with Crippen molar-refractivity contribution in [3.05, 3.63) is 23.7 Å². The van der Waals surface area contributed by atoms with Crippen LogP contribution in [0, 0.1) is 6.92 Å². The van der Waals surface area contributed by atoms with E-state index in [4.69, 9.17) is 4.42 Å². The van der Waals surface area contributed by atoms with Gasteiger partial charge in [-0.05, 0) is 32.4 Å². The number of amides is 1.